The molecule has 1 heterocycles. The Bertz CT molecular complexity index is 970. The maximum Gasteiger partial charge on any atom is 0.509 e. The van der Waals surface area contributed by atoms with E-state index in [9.17, 15) is 4.79 Å². The molecule has 0 bridgehead atoms. The molecule has 1 aliphatic rings. The van der Waals surface area contributed by atoms with Gasteiger partial charge in [-0.3, -0.25) is 9.80 Å². The Balaban J connectivity index is 1.65. The molecular weight excluding hydrogens is 444 g/mol. The van der Waals surface area contributed by atoms with Crippen molar-refractivity contribution in [2.24, 2.45) is 0 Å². The fraction of sp³-hybridized carbons (Fsp3) is 0.536. The van der Waals surface area contributed by atoms with Crippen molar-refractivity contribution in [3.05, 3.63) is 58.7 Å². The summed E-state index contributed by atoms with van der Waals surface area (Å²) in [6.45, 7) is 13.6. The number of cyclic esters (lactones) is 2. The lowest BCUT2D eigenvalue weighted by atomic mass is 10.1. The van der Waals surface area contributed by atoms with Crippen LogP contribution in [0.4, 0.5) is 4.79 Å². The molecule has 7 heteroatoms. The molecule has 4 unspecified atom stereocenters. The lowest BCUT2D eigenvalue weighted by Crippen LogP contribution is -2.61. The number of carbonyl (C=O) groups is 1. The summed E-state index contributed by atoms with van der Waals surface area (Å²) in [7, 11) is 3.98. The predicted octanol–water partition coefficient (Wildman–Crippen LogP) is 4.88. The smallest absolute Gasteiger partial charge is 0.491 e. The Morgan fingerprint density at radius 3 is 1.71 bits per heavy atom. The Labute approximate surface area is 209 Å². The van der Waals surface area contributed by atoms with E-state index in [1.54, 1.807) is 0 Å². The molecule has 0 aliphatic carbocycles. The first-order valence-electron chi connectivity index (χ1n) is 12.3. The van der Waals surface area contributed by atoms with Gasteiger partial charge in [-0.25, -0.2) is 4.79 Å². The van der Waals surface area contributed by atoms with Crippen molar-refractivity contribution in [3.63, 3.8) is 0 Å². The van der Waals surface area contributed by atoms with Crippen molar-refractivity contribution in [2.45, 2.75) is 65.9 Å². The van der Waals surface area contributed by atoms with E-state index in [4.69, 9.17) is 18.9 Å². The van der Waals surface area contributed by atoms with Crippen molar-refractivity contribution in [2.75, 3.05) is 33.9 Å². The van der Waals surface area contributed by atoms with E-state index in [1.807, 2.05) is 57.1 Å². The van der Waals surface area contributed by atoms with Gasteiger partial charge in [-0.2, -0.15) is 0 Å². The van der Waals surface area contributed by atoms with Crippen LogP contribution in [0.5, 0.6) is 11.5 Å². The largest absolute Gasteiger partial charge is 0.509 e. The third kappa shape index (κ3) is 6.47. The van der Waals surface area contributed by atoms with Gasteiger partial charge in [-0.15, -0.1) is 0 Å². The van der Waals surface area contributed by atoms with Crippen LogP contribution in [0.2, 0.25) is 0 Å². The third-order valence-electron chi connectivity index (χ3n) is 6.99. The normalized spacial score (nSPS) is 19.8. The zero-order chi connectivity index (χ0) is 25.7. The summed E-state index contributed by atoms with van der Waals surface area (Å²) in [5.41, 5.74) is 4.44. The van der Waals surface area contributed by atoms with E-state index in [0.717, 1.165) is 33.8 Å². The number of ether oxygens (including phenoxy) is 4. The van der Waals surface area contributed by atoms with E-state index >= 15 is 0 Å². The van der Waals surface area contributed by atoms with Crippen LogP contribution in [-0.4, -0.2) is 74.2 Å². The van der Waals surface area contributed by atoms with Crippen molar-refractivity contribution >= 4 is 6.16 Å². The number of hydrogen-bond acceptors (Lipinski definition) is 7. The van der Waals surface area contributed by atoms with Gasteiger partial charge in [-0.1, -0.05) is 36.4 Å². The van der Waals surface area contributed by atoms with Crippen molar-refractivity contribution in [1.82, 2.24) is 9.80 Å². The molecule has 3 rings (SSSR count). The first-order chi connectivity index (χ1) is 16.6. The highest BCUT2D eigenvalue weighted by Crippen LogP contribution is 2.26. The fourth-order valence-corrected chi connectivity index (χ4v) is 4.39. The highest BCUT2D eigenvalue weighted by atomic mass is 16.7. The molecule has 192 valence electrons. The van der Waals surface area contributed by atoms with E-state index in [0.29, 0.717) is 13.2 Å². The van der Waals surface area contributed by atoms with Crippen LogP contribution in [0.15, 0.2) is 36.4 Å². The SMILES string of the molecule is Cc1cccc(C)c1OCC(C)N(C)C1COC(=O)OC1N(C)C(C)COc1c(C)cccc1C. The number of benzene rings is 2. The molecule has 0 radical (unpaired) electrons. The summed E-state index contributed by atoms with van der Waals surface area (Å²) in [6, 6.07) is 12.2. The van der Waals surface area contributed by atoms with Gasteiger partial charge >= 0.3 is 6.16 Å². The minimum atomic E-state index is -0.645. The molecule has 0 aromatic heterocycles. The highest BCUT2D eigenvalue weighted by Gasteiger charge is 2.40. The molecule has 2 aromatic carbocycles. The van der Waals surface area contributed by atoms with Gasteiger partial charge in [0.25, 0.3) is 0 Å². The minimum absolute atomic E-state index is 0.00183. The van der Waals surface area contributed by atoms with Crippen LogP contribution < -0.4 is 9.47 Å². The van der Waals surface area contributed by atoms with Gasteiger partial charge < -0.3 is 18.9 Å². The number of para-hydroxylation sites is 2. The average molecular weight is 485 g/mol. The molecule has 0 saturated carbocycles. The second-order valence-corrected chi connectivity index (χ2v) is 9.73. The standard InChI is InChI=1S/C28H40N2O5/c1-18-11-9-12-19(2)25(18)32-15-22(5)29(7)24-17-34-28(31)35-27(24)30(8)23(6)16-33-26-20(3)13-10-14-21(26)4/h9-14,22-24,27H,15-17H2,1-8H3. The highest BCUT2D eigenvalue weighted by molar-refractivity contribution is 5.61. The van der Waals surface area contributed by atoms with Crippen LogP contribution in [0.3, 0.4) is 0 Å². The van der Waals surface area contributed by atoms with E-state index in [-0.39, 0.29) is 24.7 Å². The summed E-state index contributed by atoms with van der Waals surface area (Å²) in [6.07, 6.45) is -1.12. The first kappa shape index (κ1) is 26.8. The van der Waals surface area contributed by atoms with Crippen molar-refractivity contribution < 1.29 is 23.7 Å². The maximum atomic E-state index is 12.0. The molecule has 1 saturated heterocycles. The van der Waals surface area contributed by atoms with Gasteiger partial charge in [0, 0.05) is 12.1 Å². The fourth-order valence-electron chi connectivity index (χ4n) is 4.39. The molecule has 1 aliphatic heterocycles. The number of carbonyl (C=O) groups excluding carboxylic acids is 1. The molecule has 4 atom stereocenters. The summed E-state index contributed by atoms with van der Waals surface area (Å²) in [4.78, 5) is 16.3. The van der Waals surface area contributed by atoms with Gasteiger partial charge in [0.1, 0.15) is 31.3 Å². The Morgan fingerprint density at radius 1 is 0.829 bits per heavy atom. The minimum Gasteiger partial charge on any atom is -0.491 e. The zero-order valence-corrected chi connectivity index (χ0v) is 22.3. The number of rotatable bonds is 10. The first-order valence-corrected chi connectivity index (χ1v) is 12.3. The molecule has 35 heavy (non-hydrogen) atoms. The van der Waals surface area contributed by atoms with Crippen LogP contribution in [0, 0.1) is 27.7 Å². The lowest BCUT2D eigenvalue weighted by molar-refractivity contribution is -0.144. The van der Waals surface area contributed by atoms with Gasteiger partial charge in [0.15, 0.2) is 6.23 Å². The molecule has 0 spiro atoms. The van der Waals surface area contributed by atoms with Crippen molar-refractivity contribution in [3.8, 4) is 11.5 Å². The Hall–Kier alpha value is -2.77. The topological polar surface area (TPSA) is 60.5 Å². The summed E-state index contributed by atoms with van der Waals surface area (Å²) >= 11 is 0. The van der Waals surface area contributed by atoms with Crippen LogP contribution in [0.25, 0.3) is 0 Å². The molecule has 2 aromatic rings. The van der Waals surface area contributed by atoms with E-state index in [2.05, 4.69) is 44.7 Å². The predicted molar refractivity (Wildman–Crippen MR) is 137 cm³/mol. The number of hydrogen-bond donors (Lipinski definition) is 0. The molecule has 0 amide bonds. The van der Waals surface area contributed by atoms with E-state index < -0.39 is 12.4 Å². The molecule has 0 N–H and O–H groups in total. The summed E-state index contributed by atoms with van der Waals surface area (Å²) in [5, 5.41) is 0. The van der Waals surface area contributed by atoms with Crippen LogP contribution in [-0.2, 0) is 9.47 Å². The Morgan fingerprint density at radius 2 is 1.26 bits per heavy atom. The maximum absolute atomic E-state index is 12.0. The molecule has 7 nitrogen and oxygen atoms in total. The van der Waals surface area contributed by atoms with Gasteiger partial charge in [0.2, 0.25) is 0 Å². The second kappa shape index (κ2) is 11.8. The molecular formula is C28H40N2O5. The van der Waals surface area contributed by atoms with Crippen LogP contribution >= 0.6 is 0 Å². The second-order valence-electron chi connectivity index (χ2n) is 9.73. The molecule has 1 fully saturated rings. The third-order valence-corrected chi connectivity index (χ3v) is 6.99. The summed E-state index contributed by atoms with van der Waals surface area (Å²) < 4.78 is 23.3. The number of aryl methyl sites for hydroxylation is 4. The zero-order valence-electron chi connectivity index (χ0n) is 22.3. The monoisotopic (exact) mass is 484 g/mol. The summed E-state index contributed by atoms with van der Waals surface area (Å²) in [5.74, 6) is 1.83. The quantitative estimate of drug-likeness (QED) is 0.446. The lowest BCUT2D eigenvalue weighted by Gasteiger charge is -2.44. The van der Waals surface area contributed by atoms with Crippen LogP contribution in [0.1, 0.15) is 36.1 Å². The average Bonchev–Trinajstić information content (AvgIpc) is 2.82. The van der Waals surface area contributed by atoms with Gasteiger partial charge in [-0.05, 0) is 77.9 Å². The van der Waals surface area contributed by atoms with Gasteiger partial charge in [0.05, 0.1) is 6.04 Å². The number of likely N-dealkylation sites (N-methyl/N-ethyl adjacent to an activating group) is 2. The van der Waals surface area contributed by atoms with Crippen molar-refractivity contribution in [1.29, 1.82) is 0 Å². The Kier molecular flexibility index (Phi) is 9.03. The number of nitrogens with zero attached hydrogens (tertiary/aromatic N) is 2. The van der Waals surface area contributed by atoms with E-state index in [1.165, 1.54) is 0 Å².